The van der Waals surface area contributed by atoms with E-state index in [1.165, 1.54) is 12.7 Å². The molecule has 1 aromatic heterocycles. The number of hydrogen-bond acceptors (Lipinski definition) is 4. The van der Waals surface area contributed by atoms with Gasteiger partial charge in [-0.05, 0) is 35.7 Å². The number of hydrogen-bond donors (Lipinski definition) is 2. The SMILES string of the molecule is COc1cc(C#N)ccc1OCCCC(=O)NCC(c1ccccc1)c1c[nH]c2ccccc12. The Hall–Kier alpha value is -4.24. The summed E-state index contributed by atoms with van der Waals surface area (Å²) in [4.78, 5) is 15.9. The maximum Gasteiger partial charge on any atom is 0.220 e. The summed E-state index contributed by atoms with van der Waals surface area (Å²) in [5.41, 5.74) is 3.91. The molecular weight excluding hydrogens is 426 g/mol. The summed E-state index contributed by atoms with van der Waals surface area (Å²) in [7, 11) is 1.54. The van der Waals surface area contributed by atoms with Crippen molar-refractivity contribution < 1.29 is 14.3 Å². The van der Waals surface area contributed by atoms with E-state index in [0.29, 0.717) is 43.1 Å². The fourth-order valence-electron chi connectivity index (χ4n) is 4.05. The topological polar surface area (TPSA) is 87.1 Å². The Morgan fingerprint density at radius 1 is 1.06 bits per heavy atom. The summed E-state index contributed by atoms with van der Waals surface area (Å²) in [6.07, 6.45) is 2.96. The van der Waals surface area contributed by atoms with Gasteiger partial charge in [-0.3, -0.25) is 4.79 Å². The van der Waals surface area contributed by atoms with E-state index >= 15 is 0 Å². The highest BCUT2D eigenvalue weighted by atomic mass is 16.5. The lowest BCUT2D eigenvalue weighted by molar-refractivity contribution is -0.121. The molecule has 6 nitrogen and oxygen atoms in total. The van der Waals surface area contributed by atoms with Crippen LogP contribution in [0.4, 0.5) is 0 Å². The number of aromatic amines is 1. The van der Waals surface area contributed by atoms with Gasteiger partial charge in [0.05, 0.1) is 25.3 Å². The molecule has 1 amide bonds. The molecule has 2 N–H and O–H groups in total. The van der Waals surface area contributed by atoms with Crippen molar-refractivity contribution in [3.8, 4) is 17.6 Å². The van der Waals surface area contributed by atoms with Crippen LogP contribution >= 0.6 is 0 Å². The van der Waals surface area contributed by atoms with Gasteiger partial charge < -0.3 is 19.8 Å². The van der Waals surface area contributed by atoms with Crippen LogP contribution in [0.15, 0.2) is 79.0 Å². The number of nitriles is 1. The van der Waals surface area contributed by atoms with E-state index in [9.17, 15) is 4.79 Å². The summed E-state index contributed by atoms with van der Waals surface area (Å²) in [6.45, 7) is 0.884. The molecule has 34 heavy (non-hydrogen) atoms. The smallest absolute Gasteiger partial charge is 0.220 e. The number of fused-ring (bicyclic) bond motifs is 1. The van der Waals surface area contributed by atoms with E-state index in [0.717, 1.165) is 16.5 Å². The molecule has 4 rings (SSSR count). The first-order valence-corrected chi connectivity index (χ1v) is 11.3. The summed E-state index contributed by atoms with van der Waals surface area (Å²) in [5.74, 6) is 1.09. The van der Waals surface area contributed by atoms with Crippen molar-refractivity contribution in [1.82, 2.24) is 10.3 Å². The fourth-order valence-corrected chi connectivity index (χ4v) is 4.05. The molecule has 6 heteroatoms. The van der Waals surface area contributed by atoms with E-state index in [1.807, 2.05) is 36.5 Å². The number of rotatable bonds is 10. The average molecular weight is 454 g/mol. The number of carbonyl (C=O) groups is 1. The molecule has 0 bridgehead atoms. The molecule has 0 radical (unpaired) electrons. The number of ether oxygens (including phenoxy) is 2. The standard InChI is InChI=1S/C28H27N3O3/c1-33-27-16-20(17-29)13-14-26(27)34-15-7-12-28(32)31-18-23(21-8-3-2-4-9-21)24-19-30-25-11-6-5-10-22(24)25/h2-6,8-11,13-14,16,19,23,30H,7,12,15,18H2,1H3,(H,31,32). The number of H-pyrrole nitrogens is 1. The summed E-state index contributed by atoms with van der Waals surface area (Å²) in [5, 5.41) is 13.3. The number of methoxy groups -OCH3 is 1. The lowest BCUT2D eigenvalue weighted by Crippen LogP contribution is -2.29. The molecule has 0 fully saturated rings. The molecule has 0 aliphatic rings. The molecule has 4 aromatic rings. The highest BCUT2D eigenvalue weighted by Gasteiger charge is 2.19. The van der Waals surface area contributed by atoms with Gasteiger partial charge in [0.15, 0.2) is 11.5 Å². The Morgan fingerprint density at radius 2 is 1.85 bits per heavy atom. The Bertz CT molecular complexity index is 1290. The molecule has 0 aliphatic carbocycles. The van der Waals surface area contributed by atoms with Crippen LogP contribution in [0, 0.1) is 11.3 Å². The zero-order chi connectivity index (χ0) is 23.8. The molecule has 172 valence electrons. The highest BCUT2D eigenvalue weighted by Crippen LogP contribution is 2.30. The van der Waals surface area contributed by atoms with Gasteiger partial charge in [-0.1, -0.05) is 48.5 Å². The number of benzene rings is 3. The van der Waals surface area contributed by atoms with E-state index in [-0.39, 0.29) is 11.8 Å². The second-order valence-electron chi connectivity index (χ2n) is 7.99. The van der Waals surface area contributed by atoms with Crippen molar-refractivity contribution in [2.24, 2.45) is 0 Å². The van der Waals surface area contributed by atoms with Crippen molar-refractivity contribution in [3.63, 3.8) is 0 Å². The molecule has 0 spiro atoms. The van der Waals surface area contributed by atoms with Gasteiger partial charge in [-0.25, -0.2) is 0 Å². The summed E-state index contributed by atoms with van der Waals surface area (Å²) in [6, 6.07) is 25.5. The minimum atomic E-state index is -0.0174. The Labute approximate surface area is 199 Å². The van der Waals surface area contributed by atoms with Crippen LogP contribution in [0.3, 0.4) is 0 Å². The van der Waals surface area contributed by atoms with Crippen LogP contribution in [0.25, 0.3) is 10.9 Å². The first-order chi connectivity index (χ1) is 16.7. The van der Waals surface area contributed by atoms with Gasteiger partial charge in [-0.2, -0.15) is 5.26 Å². The van der Waals surface area contributed by atoms with Crippen molar-refractivity contribution in [1.29, 1.82) is 5.26 Å². The molecule has 0 saturated carbocycles. The number of carbonyl (C=O) groups excluding carboxylic acids is 1. The normalized spacial score (nSPS) is 11.5. The number of amides is 1. The Balaban J connectivity index is 1.34. The third-order valence-electron chi connectivity index (χ3n) is 5.80. The first kappa shape index (κ1) is 22.9. The third-order valence-corrected chi connectivity index (χ3v) is 5.80. The van der Waals surface area contributed by atoms with Crippen molar-refractivity contribution in [3.05, 3.63) is 95.7 Å². The third kappa shape index (κ3) is 5.38. The van der Waals surface area contributed by atoms with E-state index in [1.54, 1.807) is 18.2 Å². The second kappa shape index (κ2) is 11.1. The predicted molar refractivity (Wildman–Crippen MR) is 132 cm³/mol. The molecule has 1 heterocycles. The van der Waals surface area contributed by atoms with Gasteiger partial charge in [0.1, 0.15) is 0 Å². The number of para-hydroxylation sites is 1. The average Bonchev–Trinajstić information content (AvgIpc) is 3.31. The molecule has 1 unspecified atom stereocenters. The largest absolute Gasteiger partial charge is 0.493 e. The van der Waals surface area contributed by atoms with Crippen molar-refractivity contribution in [2.75, 3.05) is 20.3 Å². The summed E-state index contributed by atoms with van der Waals surface area (Å²) < 4.78 is 11.0. The van der Waals surface area contributed by atoms with Crippen LogP contribution in [0.1, 0.15) is 35.4 Å². The first-order valence-electron chi connectivity index (χ1n) is 11.3. The number of nitrogens with zero attached hydrogens (tertiary/aromatic N) is 1. The van der Waals surface area contributed by atoms with E-state index in [2.05, 4.69) is 40.6 Å². The maximum absolute atomic E-state index is 12.6. The minimum absolute atomic E-state index is 0.0174. The highest BCUT2D eigenvalue weighted by molar-refractivity contribution is 5.84. The van der Waals surface area contributed by atoms with Crippen LogP contribution in [-0.4, -0.2) is 31.2 Å². The number of nitrogens with one attached hydrogen (secondary N) is 2. The quantitative estimate of drug-likeness (QED) is 0.325. The van der Waals surface area contributed by atoms with E-state index < -0.39 is 0 Å². The Kier molecular flexibility index (Phi) is 7.46. The lowest BCUT2D eigenvalue weighted by atomic mass is 9.91. The maximum atomic E-state index is 12.6. The molecular formula is C28H27N3O3. The minimum Gasteiger partial charge on any atom is -0.493 e. The molecule has 0 aliphatic heterocycles. The fraction of sp³-hybridized carbons (Fsp3) is 0.214. The monoisotopic (exact) mass is 453 g/mol. The number of aromatic nitrogens is 1. The van der Waals surface area contributed by atoms with Gasteiger partial charge in [0.25, 0.3) is 0 Å². The molecule has 3 aromatic carbocycles. The van der Waals surface area contributed by atoms with Crippen LogP contribution < -0.4 is 14.8 Å². The van der Waals surface area contributed by atoms with Gasteiger partial charge in [-0.15, -0.1) is 0 Å². The van der Waals surface area contributed by atoms with Gasteiger partial charge in [0, 0.05) is 42.0 Å². The van der Waals surface area contributed by atoms with Crippen molar-refractivity contribution in [2.45, 2.75) is 18.8 Å². The zero-order valence-corrected chi connectivity index (χ0v) is 19.1. The van der Waals surface area contributed by atoms with Crippen LogP contribution in [-0.2, 0) is 4.79 Å². The summed E-state index contributed by atoms with van der Waals surface area (Å²) >= 11 is 0. The van der Waals surface area contributed by atoms with Crippen LogP contribution in [0.2, 0.25) is 0 Å². The predicted octanol–water partition coefficient (Wildman–Crippen LogP) is 5.16. The van der Waals surface area contributed by atoms with Gasteiger partial charge >= 0.3 is 0 Å². The second-order valence-corrected chi connectivity index (χ2v) is 7.99. The van der Waals surface area contributed by atoms with Crippen LogP contribution in [0.5, 0.6) is 11.5 Å². The van der Waals surface area contributed by atoms with E-state index in [4.69, 9.17) is 14.7 Å². The zero-order valence-electron chi connectivity index (χ0n) is 19.1. The van der Waals surface area contributed by atoms with Gasteiger partial charge in [0.2, 0.25) is 5.91 Å². The Morgan fingerprint density at radius 3 is 2.65 bits per heavy atom. The molecule has 1 atom stereocenters. The lowest BCUT2D eigenvalue weighted by Gasteiger charge is -2.18. The molecule has 0 saturated heterocycles. The van der Waals surface area contributed by atoms with Crippen molar-refractivity contribution >= 4 is 16.8 Å².